The lowest BCUT2D eigenvalue weighted by Crippen LogP contribution is -1.79. The van der Waals surface area contributed by atoms with Crippen LogP contribution in [-0.4, -0.2) is 9.97 Å². The quantitative estimate of drug-likeness (QED) is 0.653. The second-order valence-corrected chi connectivity index (χ2v) is 4.26. The molecular weight excluding hydrogens is 196 g/mol. The molecule has 1 heterocycles. The lowest BCUT2D eigenvalue weighted by atomic mass is 10.1. The molecule has 0 bridgehead atoms. The number of aryl methyl sites for hydroxylation is 2. The Kier molecular flexibility index (Phi) is 1.96. The number of hydrogen-bond acceptors (Lipinski definition) is 1. The van der Waals surface area contributed by atoms with E-state index < -0.39 is 0 Å². The number of nitrogens with one attached hydrogen (secondary N) is 1. The van der Waals surface area contributed by atoms with Gasteiger partial charge in [0.15, 0.2) is 0 Å². The summed E-state index contributed by atoms with van der Waals surface area (Å²) in [5.74, 6) is 1.06. The first-order valence-electron chi connectivity index (χ1n) is 5.65. The van der Waals surface area contributed by atoms with E-state index in [1.54, 1.807) is 0 Å². The molecule has 0 saturated heterocycles. The fourth-order valence-corrected chi connectivity index (χ4v) is 2.09. The van der Waals surface area contributed by atoms with Crippen LogP contribution in [0.1, 0.15) is 18.3 Å². The highest BCUT2D eigenvalue weighted by atomic mass is 14.9. The smallest absolute Gasteiger partial charge is 0.106 e. The van der Waals surface area contributed by atoms with Gasteiger partial charge in [-0.2, -0.15) is 0 Å². The van der Waals surface area contributed by atoms with Gasteiger partial charge in [-0.3, -0.25) is 0 Å². The molecule has 0 aliphatic heterocycles. The van der Waals surface area contributed by atoms with E-state index in [-0.39, 0.29) is 0 Å². The molecule has 2 nitrogen and oxygen atoms in total. The maximum atomic E-state index is 4.55. The van der Waals surface area contributed by atoms with Gasteiger partial charge >= 0.3 is 0 Å². The van der Waals surface area contributed by atoms with Crippen LogP contribution >= 0.6 is 0 Å². The van der Waals surface area contributed by atoms with Gasteiger partial charge in [0, 0.05) is 6.42 Å². The minimum atomic E-state index is 0.948. The molecular formula is C14H14N2. The zero-order valence-electron chi connectivity index (χ0n) is 9.54. The molecule has 1 N–H and O–H groups in total. The monoisotopic (exact) mass is 210 g/mol. The third-order valence-corrected chi connectivity index (χ3v) is 2.98. The Morgan fingerprint density at radius 3 is 2.81 bits per heavy atom. The van der Waals surface area contributed by atoms with Crippen molar-refractivity contribution in [2.75, 3.05) is 0 Å². The van der Waals surface area contributed by atoms with E-state index in [1.807, 2.05) is 0 Å². The summed E-state index contributed by atoms with van der Waals surface area (Å²) >= 11 is 0. The molecule has 0 atom stereocenters. The first-order valence-corrected chi connectivity index (χ1v) is 5.65. The van der Waals surface area contributed by atoms with Crippen molar-refractivity contribution in [3.63, 3.8) is 0 Å². The molecule has 1 aromatic heterocycles. The van der Waals surface area contributed by atoms with Crippen molar-refractivity contribution in [1.82, 2.24) is 9.97 Å². The molecule has 3 aromatic rings. The van der Waals surface area contributed by atoms with Crippen LogP contribution in [0.15, 0.2) is 30.3 Å². The second-order valence-electron chi connectivity index (χ2n) is 4.26. The lowest BCUT2D eigenvalue weighted by Gasteiger charge is -1.99. The number of benzene rings is 2. The maximum absolute atomic E-state index is 4.55. The van der Waals surface area contributed by atoms with E-state index in [1.165, 1.54) is 16.3 Å². The van der Waals surface area contributed by atoms with Crippen molar-refractivity contribution in [1.29, 1.82) is 0 Å². The van der Waals surface area contributed by atoms with Crippen molar-refractivity contribution in [2.45, 2.75) is 20.3 Å². The highest BCUT2D eigenvalue weighted by Crippen LogP contribution is 2.22. The number of fused-ring (bicyclic) bond motifs is 2. The fourth-order valence-electron chi connectivity index (χ4n) is 2.09. The van der Waals surface area contributed by atoms with Gasteiger partial charge in [-0.25, -0.2) is 4.98 Å². The van der Waals surface area contributed by atoms with Crippen LogP contribution in [0.4, 0.5) is 0 Å². The van der Waals surface area contributed by atoms with E-state index in [2.05, 4.69) is 54.1 Å². The van der Waals surface area contributed by atoms with E-state index >= 15 is 0 Å². The summed E-state index contributed by atoms with van der Waals surface area (Å²) in [6.45, 7) is 4.23. The van der Waals surface area contributed by atoms with Gasteiger partial charge < -0.3 is 4.98 Å². The molecule has 0 unspecified atom stereocenters. The molecule has 2 heteroatoms. The average Bonchev–Trinajstić information content (AvgIpc) is 2.67. The van der Waals surface area contributed by atoms with Crippen molar-refractivity contribution in [2.24, 2.45) is 0 Å². The zero-order valence-corrected chi connectivity index (χ0v) is 9.54. The van der Waals surface area contributed by atoms with Crippen LogP contribution in [0.2, 0.25) is 0 Å². The fraction of sp³-hybridized carbons (Fsp3) is 0.214. The van der Waals surface area contributed by atoms with E-state index in [9.17, 15) is 0 Å². The summed E-state index contributed by atoms with van der Waals surface area (Å²) < 4.78 is 0. The van der Waals surface area contributed by atoms with Crippen LogP contribution in [0, 0.1) is 6.92 Å². The molecule has 0 radical (unpaired) electrons. The summed E-state index contributed by atoms with van der Waals surface area (Å²) in [6, 6.07) is 10.8. The third kappa shape index (κ3) is 1.38. The zero-order chi connectivity index (χ0) is 11.1. The first-order chi connectivity index (χ1) is 7.76. The largest absolute Gasteiger partial charge is 0.342 e. The summed E-state index contributed by atoms with van der Waals surface area (Å²) in [5, 5.41) is 2.53. The minimum Gasteiger partial charge on any atom is -0.342 e. The molecule has 80 valence electrons. The van der Waals surface area contributed by atoms with Gasteiger partial charge in [0.2, 0.25) is 0 Å². The molecule has 0 fully saturated rings. The van der Waals surface area contributed by atoms with Crippen molar-refractivity contribution in [3.05, 3.63) is 41.7 Å². The van der Waals surface area contributed by atoms with Gasteiger partial charge in [-0.15, -0.1) is 0 Å². The summed E-state index contributed by atoms with van der Waals surface area (Å²) in [4.78, 5) is 7.89. The molecule has 2 aromatic carbocycles. The summed E-state index contributed by atoms with van der Waals surface area (Å²) in [6.07, 6.45) is 0.948. The van der Waals surface area contributed by atoms with Gasteiger partial charge in [0.25, 0.3) is 0 Å². The standard InChI is InChI=1S/C14H14N2/c1-3-14-15-12-7-10-5-4-9(2)6-11(10)8-13(12)16-14/h4-8H,3H2,1-2H3,(H,15,16). The molecule has 0 aliphatic carbocycles. The van der Waals surface area contributed by atoms with Crippen LogP contribution in [0.25, 0.3) is 21.8 Å². The Labute approximate surface area is 94.3 Å². The predicted octanol–water partition coefficient (Wildman–Crippen LogP) is 3.59. The number of H-pyrrole nitrogens is 1. The highest BCUT2D eigenvalue weighted by Gasteiger charge is 2.03. The summed E-state index contributed by atoms with van der Waals surface area (Å²) in [7, 11) is 0. The lowest BCUT2D eigenvalue weighted by molar-refractivity contribution is 1.00. The molecule has 0 amide bonds. The van der Waals surface area contributed by atoms with Gasteiger partial charge in [-0.05, 0) is 29.8 Å². The number of aromatic amines is 1. The highest BCUT2D eigenvalue weighted by molar-refractivity contribution is 5.95. The van der Waals surface area contributed by atoms with E-state index in [0.717, 1.165) is 23.3 Å². The number of rotatable bonds is 1. The average molecular weight is 210 g/mol. The molecule has 0 aliphatic rings. The SMILES string of the molecule is CCc1nc2cc3ccc(C)cc3cc2[nH]1. The van der Waals surface area contributed by atoms with E-state index in [0.29, 0.717) is 0 Å². The van der Waals surface area contributed by atoms with Crippen LogP contribution in [-0.2, 0) is 6.42 Å². The predicted molar refractivity (Wildman–Crippen MR) is 67.7 cm³/mol. The molecule has 16 heavy (non-hydrogen) atoms. The Morgan fingerprint density at radius 2 is 2.00 bits per heavy atom. The number of nitrogens with zero attached hydrogens (tertiary/aromatic N) is 1. The summed E-state index contributed by atoms with van der Waals surface area (Å²) in [5.41, 5.74) is 3.49. The van der Waals surface area contributed by atoms with Crippen LogP contribution in [0.3, 0.4) is 0 Å². The van der Waals surface area contributed by atoms with Gasteiger partial charge in [0.1, 0.15) is 5.82 Å². The van der Waals surface area contributed by atoms with Crippen LogP contribution in [0.5, 0.6) is 0 Å². The topological polar surface area (TPSA) is 28.7 Å². The molecule has 3 rings (SSSR count). The van der Waals surface area contributed by atoms with Crippen molar-refractivity contribution >= 4 is 21.8 Å². The van der Waals surface area contributed by atoms with Crippen molar-refractivity contribution < 1.29 is 0 Å². The van der Waals surface area contributed by atoms with Gasteiger partial charge in [0.05, 0.1) is 11.0 Å². The van der Waals surface area contributed by atoms with Crippen LogP contribution < -0.4 is 0 Å². The molecule has 0 spiro atoms. The maximum Gasteiger partial charge on any atom is 0.106 e. The van der Waals surface area contributed by atoms with E-state index in [4.69, 9.17) is 0 Å². The Morgan fingerprint density at radius 1 is 1.12 bits per heavy atom. The number of hydrogen-bond donors (Lipinski definition) is 1. The normalized spacial score (nSPS) is 11.4. The number of imidazole rings is 1. The minimum absolute atomic E-state index is 0.948. The Bertz CT molecular complexity index is 665. The van der Waals surface area contributed by atoms with Gasteiger partial charge in [-0.1, -0.05) is 30.7 Å². The third-order valence-electron chi connectivity index (χ3n) is 2.98. The Balaban J connectivity index is 2.37. The number of aromatic nitrogens is 2. The Hall–Kier alpha value is -1.83. The van der Waals surface area contributed by atoms with Crippen molar-refractivity contribution in [3.8, 4) is 0 Å². The second kappa shape index (κ2) is 3.34. The molecule has 0 saturated carbocycles. The first kappa shape index (κ1) is 9.40.